The zero-order valence-corrected chi connectivity index (χ0v) is 12.1. The molecule has 0 fully saturated rings. The van der Waals surface area contributed by atoms with E-state index < -0.39 is 0 Å². The van der Waals surface area contributed by atoms with Crippen molar-refractivity contribution in [2.24, 2.45) is 0 Å². The van der Waals surface area contributed by atoms with Crippen LogP contribution in [0.1, 0.15) is 26.7 Å². The van der Waals surface area contributed by atoms with Crippen molar-refractivity contribution in [3.8, 4) is 5.75 Å². The van der Waals surface area contributed by atoms with Gasteiger partial charge in [-0.15, -0.1) is 0 Å². The molecule has 0 radical (unpaired) electrons. The molecule has 3 nitrogen and oxygen atoms in total. The first-order valence-corrected chi connectivity index (χ1v) is 6.99. The summed E-state index contributed by atoms with van der Waals surface area (Å²) in [5.41, 5.74) is 0. The molecule has 0 aliphatic carbocycles. The van der Waals surface area contributed by atoms with Crippen LogP contribution in [0.2, 0.25) is 0 Å². The highest BCUT2D eigenvalue weighted by molar-refractivity contribution is 5.77. The predicted octanol–water partition coefficient (Wildman–Crippen LogP) is 3.41. The van der Waals surface area contributed by atoms with Crippen molar-refractivity contribution in [2.75, 3.05) is 19.7 Å². The molecule has 0 bridgehead atoms. The van der Waals surface area contributed by atoms with E-state index in [0.29, 0.717) is 19.5 Å². The van der Waals surface area contributed by atoms with Gasteiger partial charge in [-0.05, 0) is 25.5 Å². The third-order valence-electron chi connectivity index (χ3n) is 2.88. The van der Waals surface area contributed by atoms with Crippen molar-refractivity contribution in [2.45, 2.75) is 26.7 Å². The Labute approximate surface area is 120 Å². The SMILES string of the molecule is CC/C=C/CC(=O)N(CC)CCOc1ccccc1F. The zero-order chi connectivity index (χ0) is 14.8. The molecule has 0 aliphatic rings. The second-order valence-electron chi connectivity index (χ2n) is 4.34. The number of hydrogen-bond donors (Lipinski definition) is 0. The number of rotatable bonds is 8. The van der Waals surface area contributed by atoms with Gasteiger partial charge in [0.05, 0.1) is 6.54 Å². The number of amides is 1. The molecular weight excluding hydrogens is 257 g/mol. The Balaban J connectivity index is 2.40. The molecule has 110 valence electrons. The highest BCUT2D eigenvalue weighted by atomic mass is 19.1. The van der Waals surface area contributed by atoms with Crippen molar-refractivity contribution in [1.82, 2.24) is 4.90 Å². The van der Waals surface area contributed by atoms with E-state index in [1.807, 2.05) is 26.0 Å². The van der Waals surface area contributed by atoms with E-state index in [0.717, 1.165) is 6.42 Å². The standard InChI is InChI=1S/C16H22FNO2/c1-3-5-6-11-16(19)18(4-2)12-13-20-15-10-8-7-9-14(15)17/h5-10H,3-4,11-13H2,1-2H3/b6-5+. The molecule has 1 aromatic rings. The molecule has 0 unspecified atom stereocenters. The van der Waals surface area contributed by atoms with Crippen LogP contribution in [0.15, 0.2) is 36.4 Å². The smallest absolute Gasteiger partial charge is 0.226 e. The number of halogens is 1. The molecule has 4 heteroatoms. The van der Waals surface area contributed by atoms with Gasteiger partial charge < -0.3 is 9.64 Å². The topological polar surface area (TPSA) is 29.5 Å². The summed E-state index contributed by atoms with van der Waals surface area (Å²) in [7, 11) is 0. The van der Waals surface area contributed by atoms with E-state index in [-0.39, 0.29) is 24.1 Å². The van der Waals surface area contributed by atoms with E-state index in [4.69, 9.17) is 4.74 Å². The minimum Gasteiger partial charge on any atom is -0.489 e. The summed E-state index contributed by atoms with van der Waals surface area (Å²) in [6, 6.07) is 6.27. The van der Waals surface area contributed by atoms with Gasteiger partial charge in [0.2, 0.25) is 5.91 Å². The fraction of sp³-hybridized carbons (Fsp3) is 0.438. The number of nitrogens with zero attached hydrogens (tertiary/aromatic N) is 1. The fourth-order valence-electron chi connectivity index (χ4n) is 1.77. The van der Waals surface area contributed by atoms with Crippen LogP contribution in [-0.4, -0.2) is 30.5 Å². The van der Waals surface area contributed by atoms with Crippen molar-refractivity contribution in [1.29, 1.82) is 0 Å². The van der Waals surface area contributed by atoms with Gasteiger partial charge in [0, 0.05) is 13.0 Å². The maximum absolute atomic E-state index is 13.3. The highest BCUT2D eigenvalue weighted by Crippen LogP contribution is 2.15. The van der Waals surface area contributed by atoms with Crippen LogP contribution in [0.3, 0.4) is 0 Å². The first kappa shape index (κ1) is 16.2. The molecule has 20 heavy (non-hydrogen) atoms. The van der Waals surface area contributed by atoms with E-state index in [2.05, 4.69) is 0 Å². The van der Waals surface area contributed by atoms with Gasteiger partial charge in [0.25, 0.3) is 0 Å². The summed E-state index contributed by atoms with van der Waals surface area (Å²) < 4.78 is 18.7. The van der Waals surface area contributed by atoms with Crippen molar-refractivity contribution >= 4 is 5.91 Å². The van der Waals surface area contributed by atoms with Crippen LogP contribution in [0.5, 0.6) is 5.75 Å². The first-order chi connectivity index (χ1) is 9.69. The average Bonchev–Trinajstić information content (AvgIpc) is 2.45. The average molecular weight is 279 g/mol. The van der Waals surface area contributed by atoms with Crippen LogP contribution >= 0.6 is 0 Å². The zero-order valence-electron chi connectivity index (χ0n) is 12.1. The molecule has 1 amide bonds. The molecule has 0 heterocycles. The molecule has 0 N–H and O–H groups in total. The summed E-state index contributed by atoms with van der Waals surface area (Å²) >= 11 is 0. The number of carbonyl (C=O) groups excluding carboxylic acids is 1. The van der Waals surface area contributed by atoms with Crippen LogP contribution in [0.25, 0.3) is 0 Å². The molecule has 0 aliphatic heterocycles. The predicted molar refractivity (Wildman–Crippen MR) is 78.2 cm³/mol. The summed E-state index contributed by atoms with van der Waals surface area (Å²) in [6.07, 6.45) is 5.18. The minimum absolute atomic E-state index is 0.0642. The Hall–Kier alpha value is -1.84. The number of carbonyl (C=O) groups is 1. The van der Waals surface area contributed by atoms with Crippen LogP contribution in [-0.2, 0) is 4.79 Å². The second-order valence-corrected chi connectivity index (χ2v) is 4.34. The van der Waals surface area contributed by atoms with Gasteiger partial charge in [-0.1, -0.05) is 31.2 Å². The summed E-state index contributed by atoms with van der Waals surface area (Å²) in [5, 5.41) is 0. The van der Waals surface area contributed by atoms with Crippen LogP contribution < -0.4 is 4.74 Å². The lowest BCUT2D eigenvalue weighted by molar-refractivity contribution is -0.130. The lowest BCUT2D eigenvalue weighted by Gasteiger charge is -2.20. The highest BCUT2D eigenvalue weighted by Gasteiger charge is 2.10. The van der Waals surface area contributed by atoms with Gasteiger partial charge in [0.15, 0.2) is 11.6 Å². The summed E-state index contributed by atoms with van der Waals surface area (Å²) in [6.45, 7) is 5.33. The van der Waals surface area contributed by atoms with E-state index >= 15 is 0 Å². The van der Waals surface area contributed by atoms with E-state index in [9.17, 15) is 9.18 Å². The van der Waals surface area contributed by atoms with Crippen molar-refractivity contribution in [3.63, 3.8) is 0 Å². The molecule has 0 spiro atoms. The Morgan fingerprint density at radius 1 is 1.30 bits per heavy atom. The third kappa shape index (κ3) is 5.43. The lowest BCUT2D eigenvalue weighted by Crippen LogP contribution is -2.34. The number of allylic oxidation sites excluding steroid dienone is 1. The van der Waals surface area contributed by atoms with Gasteiger partial charge >= 0.3 is 0 Å². The number of likely N-dealkylation sites (N-methyl/N-ethyl adjacent to an activating group) is 1. The number of ether oxygens (including phenoxy) is 1. The largest absolute Gasteiger partial charge is 0.489 e. The van der Waals surface area contributed by atoms with Crippen LogP contribution in [0, 0.1) is 5.82 Å². The van der Waals surface area contributed by atoms with Gasteiger partial charge in [-0.3, -0.25) is 4.79 Å². The molecular formula is C16H22FNO2. The van der Waals surface area contributed by atoms with E-state index in [1.165, 1.54) is 6.07 Å². The van der Waals surface area contributed by atoms with Crippen molar-refractivity contribution < 1.29 is 13.9 Å². The van der Waals surface area contributed by atoms with Gasteiger partial charge in [-0.2, -0.15) is 0 Å². The number of hydrogen-bond acceptors (Lipinski definition) is 2. The summed E-state index contributed by atoms with van der Waals surface area (Å²) in [4.78, 5) is 13.6. The fourth-order valence-corrected chi connectivity index (χ4v) is 1.77. The normalized spacial score (nSPS) is 10.8. The number of benzene rings is 1. The quantitative estimate of drug-likeness (QED) is 0.682. The Bertz CT molecular complexity index is 446. The summed E-state index contributed by atoms with van der Waals surface area (Å²) in [5.74, 6) is -0.0935. The van der Waals surface area contributed by atoms with Gasteiger partial charge in [-0.25, -0.2) is 4.39 Å². The van der Waals surface area contributed by atoms with Crippen LogP contribution in [0.4, 0.5) is 4.39 Å². The maximum Gasteiger partial charge on any atom is 0.226 e. The Morgan fingerprint density at radius 3 is 2.70 bits per heavy atom. The second kappa shape index (κ2) is 9.13. The lowest BCUT2D eigenvalue weighted by atomic mass is 10.3. The molecule has 0 atom stereocenters. The maximum atomic E-state index is 13.3. The monoisotopic (exact) mass is 279 g/mol. The van der Waals surface area contributed by atoms with Crippen molar-refractivity contribution in [3.05, 3.63) is 42.2 Å². The third-order valence-corrected chi connectivity index (χ3v) is 2.88. The minimum atomic E-state index is -0.382. The molecule has 0 saturated heterocycles. The van der Waals surface area contributed by atoms with Gasteiger partial charge in [0.1, 0.15) is 6.61 Å². The molecule has 0 aromatic heterocycles. The Morgan fingerprint density at radius 2 is 2.05 bits per heavy atom. The first-order valence-electron chi connectivity index (χ1n) is 6.99. The molecule has 0 saturated carbocycles. The Kier molecular flexibility index (Phi) is 7.40. The number of para-hydroxylation sites is 1. The molecule has 1 aromatic carbocycles. The van der Waals surface area contributed by atoms with E-state index in [1.54, 1.807) is 23.1 Å². The molecule has 1 rings (SSSR count).